The Labute approximate surface area is 116 Å². The van der Waals surface area contributed by atoms with E-state index in [-0.39, 0.29) is 5.82 Å². The molecule has 0 bridgehead atoms. The lowest BCUT2D eigenvalue weighted by atomic mass is 10.0. The molecule has 2 heterocycles. The minimum atomic E-state index is -0.201. The van der Waals surface area contributed by atoms with Crippen LogP contribution in [0.4, 0.5) is 4.39 Å². The number of thiazole rings is 1. The van der Waals surface area contributed by atoms with Crippen LogP contribution in [0.15, 0.2) is 24.3 Å². The number of rotatable bonds is 2. The normalized spacial score (nSPS) is 19.6. The molecule has 1 aliphatic heterocycles. The van der Waals surface area contributed by atoms with E-state index in [1.807, 2.05) is 0 Å². The highest BCUT2D eigenvalue weighted by molar-refractivity contribution is 7.12. The summed E-state index contributed by atoms with van der Waals surface area (Å²) in [5.74, 6) is 0.333. The molecule has 1 N–H and O–H groups in total. The zero-order chi connectivity index (χ0) is 13.2. The van der Waals surface area contributed by atoms with Crippen molar-refractivity contribution in [3.05, 3.63) is 40.0 Å². The quantitative estimate of drug-likeness (QED) is 0.904. The van der Waals surface area contributed by atoms with Crippen LogP contribution in [-0.4, -0.2) is 18.1 Å². The number of piperidine rings is 1. The lowest BCUT2D eigenvalue weighted by molar-refractivity contribution is 0.460. The summed E-state index contributed by atoms with van der Waals surface area (Å²) in [4.78, 5) is 6.00. The van der Waals surface area contributed by atoms with Crippen molar-refractivity contribution in [2.24, 2.45) is 0 Å². The fourth-order valence-corrected chi connectivity index (χ4v) is 3.61. The first kappa shape index (κ1) is 12.8. The van der Waals surface area contributed by atoms with E-state index < -0.39 is 0 Å². The largest absolute Gasteiger partial charge is 0.316 e. The number of nitrogens with zero attached hydrogens (tertiary/aromatic N) is 1. The molecule has 4 heteroatoms. The van der Waals surface area contributed by atoms with Crippen molar-refractivity contribution in [3.63, 3.8) is 0 Å². The molecule has 1 aromatic heterocycles. The molecule has 19 heavy (non-hydrogen) atoms. The van der Waals surface area contributed by atoms with Crippen LogP contribution in [0.25, 0.3) is 11.3 Å². The van der Waals surface area contributed by atoms with Gasteiger partial charge in [-0.05, 0) is 50.6 Å². The van der Waals surface area contributed by atoms with E-state index in [0.717, 1.165) is 24.3 Å². The maximum Gasteiger partial charge on any atom is 0.123 e. The molecule has 1 aliphatic rings. The summed E-state index contributed by atoms with van der Waals surface area (Å²) in [6.45, 7) is 4.23. The van der Waals surface area contributed by atoms with Crippen LogP contribution in [0.1, 0.15) is 28.6 Å². The van der Waals surface area contributed by atoms with E-state index >= 15 is 0 Å². The Morgan fingerprint density at radius 1 is 1.32 bits per heavy atom. The van der Waals surface area contributed by atoms with E-state index in [9.17, 15) is 4.39 Å². The predicted octanol–water partition coefficient (Wildman–Crippen LogP) is 3.72. The van der Waals surface area contributed by atoms with Gasteiger partial charge in [-0.1, -0.05) is 0 Å². The predicted molar refractivity (Wildman–Crippen MR) is 77.1 cm³/mol. The Kier molecular flexibility index (Phi) is 3.62. The molecule has 1 fully saturated rings. The molecule has 0 spiro atoms. The molecule has 1 atom stereocenters. The third kappa shape index (κ3) is 2.69. The molecule has 0 radical (unpaired) electrons. The van der Waals surface area contributed by atoms with Gasteiger partial charge in [0.15, 0.2) is 0 Å². The van der Waals surface area contributed by atoms with Crippen molar-refractivity contribution < 1.29 is 4.39 Å². The van der Waals surface area contributed by atoms with Crippen molar-refractivity contribution >= 4 is 11.3 Å². The maximum atomic E-state index is 13.0. The molecule has 0 amide bonds. The van der Waals surface area contributed by atoms with Gasteiger partial charge >= 0.3 is 0 Å². The fourth-order valence-electron chi connectivity index (χ4n) is 2.53. The average Bonchev–Trinajstić information content (AvgIpc) is 2.83. The van der Waals surface area contributed by atoms with Crippen LogP contribution in [0.3, 0.4) is 0 Å². The van der Waals surface area contributed by atoms with Crippen LogP contribution in [-0.2, 0) is 0 Å². The first-order valence-corrected chi connectivity index (χ1v) is 7.49. The van der Waals surface area contributed by atoms with Gasteiger partial charge in [-0.2, -0.15) is 0 Å². The van der Waals surface area contributed by atoms with Crippen LogP contribution in [0.2, 0.25) is 0 Å². The minimum Gasteiger partial charge on any atom is -0.316 e. The summed E-state index contributed by atoms with van der Waals surface area (Å²) in [5.41, 5.74) is 2.01. The van der Waals surface area contributed by atoms with Gasteiger partial charge in [-0.15, -0.1) is 11.3 Å². The summed E-state index contributed by atoms with van der Waals surface area (Å²) in [6.07, 6.45) is 2.43. The number of halogens is 1. The molecule has 2 aromatic rings. The van der Waals surface area contributed by atoms with Gasteiger partial charge in [-0.3, -0.25) is 0 Å². The lowest BCUT2D eigenvalue weighted by Crippen LogP contribution is -2.28. The summed E-state index contributed by atoms with van der Waals surface area (Å²) < 4.78 is 13.0. The first-order valence-electron chi connectivity index (χ1n) is 6.68. The Morgan fingerprint density at radius 2 is 2.11 bits per heavy atom. The van der Waals surface area contributed by atoms with E-state index in [4.69, 9.17) is 4.98 Å². The minimum absolute atomic E-state index is 0.201. The number of aryl methyl sites for hydroxylation is 1. The Hall–Kier alpha value is -1.26. The molecule has 1 aromatic carbocycles. The zero-order valence-electron chi connectivity index (χ0n) is 10.9. The molecule has 100 valence electrons. The summed E-state index contributed by atoms with van der Waals surface area (Å²) in [5, 5.41) is 4.64. The highest BCUT2D eigenvalue weighted by Gasteiger charge is 2.20. The van der Waals surface area contributed by atoms with E-state index in [2.05, 4.69) is 12.2 Å². The molecule has 2 nitrogen and oxygen atoms in total. The molecule has 1 unspecified atom stereocenters. The molecule has 0 aliphatic carbocycles. The van der Waals surface area contributed by atoms with Crippen molar-refractivity contribution in [2.45, 2.75) is 25.7 Å². The van der Waals surface area contributed by atoms with Gasteiger partial charge in [0.05, 0.1) is 10.7 Å². The van der Waals surface area contributed by atoms with Crippen LogP contribution < -0.4 is 5.32 Å². The Bertz CT molecular complexity index is 556. The second-order valence-electron chi connectivity index (χ2n) is 5.01. The van der Waals surface area contributed by atoms with Crippen LogP contribution in [0, 0.1) is 12.7 Å². The fraction of sp³-hybridized carbons (Fsp3) is 0.400. The van der Waals surface area contributed by atoms with Gasteiger partial charge in [0.25, 0.3) is 0 Å². The van der Waals surface area contributed by atoms with E-state index in [0.29, 0.717) is 5.92 Å². The first-order chi connectivity index (χ1) is 9.24. The number of hydrogen-bond acceptors (Lipinski definition) is 3. The molecule has 0 saturated carbocycles. The number of aromatic nitrogens is 1. The second-order valence-corrected chi connectivity index (χ2v) is 6.24. The number of benzene rings is 1. The topological polar surface area (TPSA) is 24.9 Å². The standard InChI is InChI=1S/C15H17FN2S/c1-10-14(11-4-6-13(16)7-5-11)18-15(19-10)12-3-2-8-17-9-12/h4-7,12,17H,2-3,8-9H2,1H3. The van der Waals surface area contributed by atoms with E-state index in [1.54, 1.807) is 23.5 Å². The second kappa shape index (κ2) is 5.39. The third-order valence-electron chi connectivity index (χ3n) is 3.58. The van der Waals surface area contributed by atoms with E-state index in [1.165, 1.54) is 34.9 Å². The summed E-state index contributed by atoms with van der Waals surface area (Å²) in [7, 11) is 0. The van der Waals surface area contributed by atoms with Crippen molar-refractivity contribution in [1.29, 1.82) is 0 Å². The van der Waals surface area contributed by atoms with Gasteiger partial charge in [-0.25, -0.2) is 9.37 Å². The highest BCUT2D eigenvalue weighted by Crippen LogP contribution is 2.33. The van der Waals surface area contributed by atoms with Crippen molar-refractivity contribution in [2.75, 3.05) is 13.1 Å². The SMILES string of the molecule is Cc1sc(C2CCCNC2)nc1-c1ccc(F)cc1. The van der Waals surface area contributed by atoms with Gasteiger partial charge in [0, 0.05) is 22.9 Å². The maximum absolute atomic E-state index is 13.0. The van der Waals surface area contributed by atoms with Crippen molar-refractivity contribution in [3.8, 4) is 11.3 Å². The Morgan fingerprint density at radius 3 is 2.79 bits per heavy atom. The van der Waals surface area contributed by atoms with Crippen LogP contribution >= 0.6 is 11.3 Å². The van der Waals surface area contributed by atoms with Crippen molar-refractivity contribution in [1.82, 2.24) is 10.3 Å². The van der Waals surface area contributed by atoms with Gasteiger partial charge < -0.3 is 5.32 Å². The Balaban J connectivity index is 1.90. The average molecular weight is 276 g/mol. The summed E-state index contributed by atoms with van der Waals surface area (Å²) in [6, 6.07) is 6.60. The summed E-state index contributed by atoms with van der Waals surface area (Å²) >= 11 is 1.78. The highest BCUT2D eigenvalue weighted by atomic mass is 32.1. The van der Waals surface area contributed by atoms with Gasteiger partial charge in [0.1, 0.15) is 5.82 Å². The van der Waals surface area contributed by atoms with Gasteiger partial charge in [0.2, 0.25) is 0 Å². The zero-order valence-corrected chi connectivity index (χ0v) is 11.8. The molecule has 1 saturated heterocycles. The molecular weight excluding hydrogens is 259 g/mol. The third-order valence-corrected chi connectivity index (χ3v) is 4.71. The number of hydrogen-bond donors (Lipinski definition) is 1. The lowest BCUT2D eigenvalue weighted by Gasteiger charge is -2.20. The number of nitrogens with one attached hydrogen (secondary N) is 1. The molecule has 3 rings (SSSR count). The smallest absolute Gasteiger partial charge is 0.123 e. The van der Waals surface area contributed by atoms with Crippen LogP contribution in [0.5, 0.6) is 0 Å². The monoisotopic (exact) mass is 276 g/mol. The molecular formula is C15H17FN2S.